The number of rotatable bonds is 13. The molecule has 0 radical (unpaired) electrons. The zero-order valence-corrected chi connectivity index (χ0v) is 32.4. The van der Waals surface area contributed by atoms with Gasteiger partial charge in [0, 0.05) is 56.0 Å². The van der Waals surface area contributed by atoms with Crippen molar-refractivity contribution in [1.82, 2.24) is 5.32 Å². The predicted octanol–water partition coefficient (Wildman–Crippen LogP) is -0.986. The first-order valence-electron chi connectivity index (χ1n) is 17.9. The molecule has 56 heavy (non-hydrogen) atoms. The van der Waals surface area contributed by atoms with Gasteiger partial charge in [0.15, 0.2) is 12.6 Å². The Morgan fingerprint density at radius 1 is 0.875 bits per heavy atom. The summed E-state index contributed by atoms with van der Waals surface area (Å²) < 4.78 is 48.2. The van der Waals surface area contributed by atoms with Crippen LogP contribution < -0.4 is 15.7 Å². The Hall–Kier alpha value is -3.00. The van der Waals surface area contributed by atoms with E-state index in [1.54, 1.807) is 23.1 Å². The summed E-state index contributed by atoms with van der Waals surface area (Å²) in [6, 6.07) is 14.1. The normalized spacial score (nSPS) is 35.2. The van der Waals surface area contributed by atoms with Gasteiger partial charge in [-0.15, -0.1) is 0 Å². The van der Waals surface area contributed by atoms with Gasteiger partial charge in [-0.3, -0.25) is 4.79 Å². The van der Waals surface area contributed by atoms with Gasteiger partial charge in [-0.1, -0.05) is 30.3 Å². The molecule has 2 aromatic carbocycles. The fourth-order valence-corrected chi connectivity index (χ4v) is 8.34. The van der Waals surface area contributed by atoms with E-state index >= 15 is 0 Å². The van der Waals surface area contributed by atoms with Gasteiger partial charge in [0.25, 0.3) is 0 Å². The summed E-state index contributed by atoms with van der Waals surface area (Å²) in [6.07, 6.45) is -19.2. The molecule has 0 saturated carbocycles. The van der Waals surface area contributed by atoms with Crippen molar-refractivity contribution >= 4 is 42.0 Å². The summed E-state index contributed by atoms with van der Waals surface area (Å²) in [4.78, 5) is 24.3. The van der Waals surface area contributed by atoms with Gasteiger partial charge in [0.2, 0.25) is 12.2 Å². The number of ether oxygens (including phenoxy) is 6. The molecule has 0 unspecified atom stereocenters. The Morgan fingerprint density at radius 3 is 2.32 bits per heavy atom. The third kappa shape index (κ3) is 9.99. The van der Waals surface area contributed by atoms with E-state index in [1.807, 2.05) is 30.3 Å². The third-order valence-electron chi connectivity index (χ3n) is 9.60. The molecule has 0 aliphatic carbocycles. The number of halogens is 1. The Labute approximate surface area is 330 Å². The summed E-state index contributed by atoms with van der Waals surface area (Å²) in [5.74, 6) is -0.441. The highest BCUT2D eigenvalue weighted by Crippen LogP contribution is 2.34. The van der Waals surface area contributed by atoms with Crippen molar-refractivity contribution in [3.8, 4) is 5.75 Å². The summed E-state index contributed by atoms with van der Waals surface area (Å²) in [6.45, 7) is 1.76. The molecule has 8 N–H and O–H groups in total. The van der Waals surface area contributed by atoms with Crippen LogP contribution in [0.2, 0.25) is 0 Å². The number of aryl methyl sites for hydroxylation is 1. The van der Waals surface area contributed by atoms with Crippen LogP contribution in [0.15, 0.2) is 63.8 Å². The minimum Gasteiger partial charge on any atom is -0.462 e. The number of benzene rings is 2. The Morgan fingerprint density at radius 2 is 1.61 bits per heavy atom. The average Bonchev–Trinajstić information content (AvgIpc) is 3.17. The smallest absolute Gasteiger partial charge is 0.336 e. The molecule has 1 aromatic heterocycles. The first-order valence-corrected chi connectivity index (χ1v) is 20.0. The molecule has 3 aromatic rings. The maximum atomic E-state index is 12.3. The van der Waals surface area contributed by atoms with E-state index in [2.05, 4.69) is 5.32 Å². The second kappa shape index (κ2) is 19.2. The maximum Gasteiger partial charge on any atom is 0.336 e. The van der Waals surface area contributed by atoms with Crippen molar-refractivity contribution in [2.75, 3.05) is 13.2 Å². The molecule has 1 amide bonds. The van der Waals surface area contributed by atoms with Gasteiger partial charge >= 0.3 is 5.63 Å². The number of carbonyl (C=O) groups is 1. The molecule has 0 bridgehead atoms. The second-order valence-corrected chi connectivity index (χ2v) is 15.5. The lowest BCUT2D eigenvalue weighted by atomic mass is 9.95. The van der Waals surface area contributed by atoms with E-state index in [1.165, 1.54) is 19.1 Å². The van der Waals surface area contributed by atoms with E-state index in [-0.39, 0.29) is 17.8 Å². The second-order valence-electron chi connectivity index (χ2n) is 13.7. The number of aliphatic hydroxyl groups is 7. The van der Waals surface area contributed by atoms with Gasteiger partial charge in [-0.05, 0) is 30.2 Å². The minimum atomic E-state index is -1.82. The summed E-state index contributed by atoms with van der Waals surface area (Å²) in [5, 5.41) is 79.0. The lowest BCUT2D eigenvalue weighted by Gasteiger charge is -2.48. The van der Waals surface area contributed by atoms with Gasteiger partial charge in [0.1, 0.15) is 72.3 Å². The first-order chi connectivity index (χ1) is 26.9. The van der Waals surface area contributed by atoms with Crippen LogP contribution >= 0.6 is 21.1 Å². The molecule has 308 valence electrons. The molecule has 4 heterocycles. The minimum absolute atomic E-state index is 0.143. The molecule has 14 atom stereocenters. The zero-order valence-electron chi connectivity index (χ0n) is 30.3. The van der Waals surface area contributed by atoms with Crippen molar-refractivity contribution in [1.29, 1.82) is 0 Å². The fraction of sp³-hybridized carbons (Fsp3) is 0.541. The van der Waals surface area contributed by atoms with Crippen molar-refractivity contribution in [2.24, 2.45) is 0 Å². The highest BCUT2D eigenvalue weighted by molar-refractivity contribution is 14.2. The van der Waals surface area contributed by atoms with Crippen molar-refractivity contribution in [2.45, 2.75) is 113 Å². The maximum absolute atomic E-state index is 12.3. The van der Waals surface area contributed by atoms with Crippen LogP contribution in [-0.2, 0) is 38.2 Å². The first kappa shape index (κ1) is 42.6. The van der Waals surface area contributed by atoms with Crippen molar-refractivity contribution in [3.05, 3.63) is 76.1 Å². The lowest BCUT2D eigenvalue weighted by molar-refractivity contribution is -0.362. The number of fused-ring (bicyclic) bond motifs is 1. The van der Waals surface area contributed by atoms with Gasteiger partial charge in [0.05, 0.1) is 25.9 Å². The van der Waals surface area contributed by atoms with Crippen LogP contribution in [0.4, 0.5) is 0 Å². The quantitative estimate of drug-likeness (QED) is 0.0757. The van der Waals surface area contributed by atoms with Crippen molar-refractivity contribution < 1.29 is 76.4 Å². The van der Waals surface area contributed by atoms with Gasteiger partial charge in [-0.2, -0.15) is 0 Å². The fourth-order valence-electron chi connectivity index (χ4n) is 6.71. The number of hydrogen-bond acceptors (Lipinski definition) is 17. The number of hydrogen-bond donors (Lipinski definition) is 8. The molecule has 19 heteroatoms. The molecular formula is C37H46INO17. The van der Waals surface area contributed by atoms with Crippen LogP contribution in [0, 0.1) is 6.92 Å². The van der Waals surface area contributed by atoms with Gasteiger partial charge in [-0.25, -0.2) is 4.79 Å². The molecule has 18 nitrogen and oxygen atoms in total. The number of aliphatic hydroxyl groups excluding tert-OH is 7. The standard InChI is InChI=1S/C37H46INO17/c1-17-10-27(44)51-23-11-20(8-9-21(17)23)50-36-29(39-18(2)42)32(47)34(26(15-41)54-36)56-37-33(48)35(31(46)25(14-40)53-37)55-28-12-22(43)30(45)24(52-28)13-38-49-16-19-6-4-3-5-7-19/h3-11,13,22,24-26,28-37,40-41,43,45-48H,12,14-16H2,1-2H3,(H,39,42)/t22-,24-,25-,26-,28-,29-,30-,31+,32-,33-,34-,35+,36-,37+/m1/s1. The molecule has 3 aliphatic heterocycles. The van der Waals surface area contributed by atoms with E-state index in [9.17, 15) is 45.3 Å². The summed E-state index contributed by atoms with van der Waals surface area (Å²) in [5.41, 5.74) is 1.27. The monoisotopic (exact) mass is 903 g/mol. The van der Waals surface area contributed by atoms with E-state index in [0.717, 1.165) is 5.56 Å². The predicted molar refractivity (Wildman–Crippen MR) is 201 cm³/mol. The van der Waals surface area contributed by atoms with Crippen LogP contribution in [0.25, 0.3) is 11.0 Å². The van der Waals surface area contributed by atoms with Crippen LogP contribution in [0.5, 0.6) is 5.75 Å². The van der Waals surface area contributed by atoms with E-state index in [4.69, 9.17) is 35.9 Å². The highest BCUT2D eigenvalue weighted by Gasteiger charge is 2.53. The third-order valence-corrected chi connectivity index (χ3v) is 11.3. The molecule has 3 fully saturated rings. The molecule has 0 spiro atoms. The largest absolute Gasteiger partial charge is 0.462 e. The zero-order chi connectivity index (χ0) is 40.1. The van der Waals surface area contributed by atoms with Crippen molar-refractivity contribution in [3.63, 3.8) is 0 Å². The van der Waals surface area contributed by atoms with Crippen LogP contribution in [0.1, 0.15) is 24.5 Å². The van der Waals surface area contributed by atoms with E-state index in [0.29, 0.717) is 17.6 Å². The summed E-state index contributed by atoms with van der Waals surface area (Å²) in [7, 11) is 0. The Kier molecular flexibility index (Phi) is 14.6. The molecule has 6 rings (SSSR count). The Bertz CT molecular complexity index is 1850. The van der Waals surface area contributed by atoms with Gasteiger partial charge < -0.3 is 77.0 Å². The summed E-state index contributed by atoms with van der Waals surface area (Å²) >= 11 is -1.06. The Balaban J connectivity index is 1.15. The van der Waals surface area contributed by atoms with Crippen LogP contribution in [-0.4, -0.2) is 145 Å². The SMILES string of the molecule is CC(=O)N[C@H]1[C@H](Oc2ccc3c(C)cc(=O)oc3c2)O[C@H](CO)[C@@H](O[C@@H]2O[C@H](CO)[C@H](O)[C@H](O[C@@H]3C[C@@H](O)[C@@H](O)[C@@H](C=IOCc4ccccc4)O3)[C@H]2O)[C@@H]1O. The number of nitrogens with one attached hydrogen (secondary N) is 1. The molecule has 3 saturated heterocycles. The lowest BCUT2D eigenvalue weighted by Crippen LogP contribution is -2.68. The topological polar surface area (TPSA) is 266 Å². The molecule has 3 aliphatic rings. The number of amides is 1. The number of carbonyl (C=O) groups excluding carboxylic acids is 1. The van der Waals surface area contributed by atoms with E-state index < -0.39 is 132 Å². The van der Waals surface area contributed by atoms with Crippen LogP contribution in [0.3, 0.4) is 0 Å². The highest BCUT2D eigenvalue weighted by atomic mass is 127. The molecular weight excluding hydrogens is 857 g/mol. The average molecular weight is 904 g/mol.